The van der Waals surface area contributed by atoms with Crippen molar-refractivity contribution < 1.29 is 0 Å². The molecule has 3 rings (SSSR count). The predicted octanol–water partition coefficient (Wildman–Crippen LogP) is 9.27. The van der Waals surface area contributed by atoms with Gasteiger partial charge in [-0.25, -0.2) is 0 Å². The van der Waals surface area contributed by atoms with E-state index in [0.29, 0.717) is 5.92 Å². The van der Waals surface area contributed by atoms with Crippen molar-refractivity contribution in [3.05, 3.63) is 71.3 Å². The molecular formula is C32H46N2. The van der Waals surface area contributed by atoms with Crippen LogP contribution in [0.2, 0.25) is 0 Å². The van der Waals surface area contributed by atoms with Gasteiger partial charge in [0.05, 0.1) is 11.9 Å². The first-order valence-electron chi connectivity index (χ1n) is 14.0. The van der Waals surface area contributed by atoms with E-state index in [2.05, 4.69) is 80.5 Å². The molecule has 0 N–H and O–H groups in total. The predicted molar refractivity (Wildman–Crippen MR) is 149 cm³/mol. The van der Waals surface area contributed by atoms with Gasteiger partial charge in [-0.3, -0.25) is 0 Å². The molecule has 1 aliphatic carbocycles. The molecule has 0 aromatic heterocycles. The van der Waals surface area contributed by atoms with Crippen LogP contribution >= 0.6 is 0 Å². The first-order chi connectivity index (χ1) is 16.7. The molecule has 2 nitrogen and oxygen atoms in total. The largest absolute Gasteiger partial charge is 0.158 e. The van der Waals surface area contributed by atoms with Gasteiger partial charge in [-0.2, -0.15) is 10.2 Å². The number of hydrogen-bond acceptors (Lipinski definition) is 2. The van der Waals surface area contributed by atoms with Crippen molar-refractivity contribution in [2.75, 3.05) is 0 Å². The van der Waals surface area contributed by atoms with Gasteiger partial charge >= 0.3 is 0 Å². The van der Waals surface area contributed by atoms with Crippen molar-refractivity contribution in [1.82, 2.24) is 0 Å². The Morgan fingerprint density at radius 1 is 0.824 bits per heavy atom. The van der Waals surface area contributed by atoms with Crippen LogP contribution in [0.25, 0.3) is 0 Å². The van der Waals surface area contributed by atoms with E-state index in [4.69, 9.17) is 5.10 Å². The zero-order chi connectivity index (χ0) is 24.0. The summed E-state index contributed by atoms with van der Waals surface area (Å²) in [5.41, 5.74) is 4.95. The fraction of sp³-hybridized carbons (Fsp3) is 0.562. The second-order valence-corrected chi connectivity index (χ2v) is 10.2. The standard InChI is InChI=1S/C32H46N2/c1-4-7-9-14-26-17-19-27(20-18-26)25-33-34-32(30-15-10-8-11-16-30)31-23-21-29(22-24-31)28(12-5-2)13-6-3/h8,10-11,15-20,25,28-29,31H,4-7,9,12-14,21-24H2,1-3H3/t29-,31-. The summed E-state index contributed by atoms with van der Waals surface area (Å²) < 4.78 is 0. The fourth-order valence-corrected chi connectivity index (χ4v) is 5.71. The lowest BCUT2D eigenvalue weighted by Gasteiger charge is -2.34. The topological polar surface area (TPSA) is 24.7 Å². The number of unbranched alkanes of at least 4 members (excludes halogenated alkanes) is 2. The summed E-state index contributed by atoms with van der Waals surface area (Å²) in [6.07, 6.45) is 17.5. The summed E-state index contributed by atoms with van der Waals surface area (Å²) in [6, 6.07) is 19.6. The molecule has 184 valence electrons. The van der Waals surface area contributed by atoms with E-state index in [-0.39, 0.29) is 0 Å². The van der Waals surface area contributed by atoms with Crippen molar-refractivity contribution >= 4 is 11.9 Å². The van der Waals surface area contributed by atoms with Gasteiger partial charge in [0.2, 0.25) is 0 Å². The molecule has 0 unspecified atom stereocenters. The highest BCUT2D eigenvalue weighted by Gasteiger charge is 2.29. The van der Waals surface area contributed by atoms with Crippen molar-refractivity contribution in [2.24, 2.45) is 28.0 Å². The van der Waals surface area contributed by atoms with E-state index in [1.165, 1.54) is 93.9 Å². The van der Waals surface area contributed by atoms with Gasteiger partial charge in [0.25, 0.3) is 0 Å². The monoisotopic (exact) mass is 458 g/mol. The Kier molecular flexibility index (Phi) is 11.6. The average Bonchev–Trinajstić information content (AvgIpc) is 2.88. The summed E-state index contributed by atoms with van der Waals surface area (Å²) >= 11 is 0. The number of hydrogen-bond donors (Lipinski definition) is 0. The molecule has 0 radical (unpaired) electrons. The zero-order valence-corrected chi connectivity index (χ0v) is 21.9. The van der Waals surface area contributed by atoms with Crippen LogP contribution in [-0.2, 0) is 6.42 Å². The molecule has 0 bridgehead atoms. The first-order valence-corrected chi connectivity index (χ1v) is 14.0. The number of aryl methyl sites for hydroxylation is 1. The lowest BCUT2D eigenvalue weighted by atomic mass is 9.71. The highest BCUT2D eigenvalue weighted by Crippen LogP contribution is 2.38. The third-order valence-electron chi connectivity index (χ3n) is 7.63. The smallest absolute Gasteiger partial charge is 0.0733 e. The lowest BCUT2D eigenvalue weighted by molar-refractivity contribution is 0.206. The van der Waals surface area contributed by atoms with Gasteiger partial charge < -0.3 is 0 Å². The second-order valence-electron chi connectivity index (χ2n) is 10.2. The minimum atomic E-state index is 0.514. The highest BCUT2D eigenvalue weighted by atomic mass is 15.2. The maximum atomic E-state index is 4.82. The SMILES string of the molecule is CCCCCc1ccc(C=NN=C(c2ccccc2)[C@H]2CC[C@H](C(CCC)CCC)CC2)cc1. The van der Waals surface area contributed by atoms with Crippen molar-refractivity contribution in [2.45, 2.75) is 97.8 Å². The summed E-state index contributed by atoms with van der Waals surface area (Å²) in [6.45, 7) is 6.93. The van der Waals surface area contributed by atoms with E-state index in [0.717, 1.165) is 17.4 Å². The Morgan fingerprint density at radius 2 is 1.50 bits per heavy atom. The quantitative estimate of drug-likeness (QED) is 0.162. The van der Waals surface area contributed by atoms with Gasteiger partial charge in [-0.05, 0) is 67.1 Å². The van der Waals surface area contributed by atoms with Gasteiger partial charge in [0.1, 0.15) is 0 Å². The van der Waals surface area contributed by atoms with Crippen LogP contribution < -0.4 is 0 Å². The van der Waals surface area contributed by atoms with Gasteiger partial charge in [0, 0.05) is 5.92 Å². The van der Waals surface area contributed by atoms with Crippen molar-refractivity contribution in [1.29, 1.82) is 0 Å². The number of benzene rings is 2. The van der Waals surface area contributed by atoms with Crippen LogP contribution in [0.1, 0.15) is 108 Å². The lowest BCUT2D eigenvalue weighted by Crippen LogP contribution is -2.26. The molecule has 2 heteroatoms. The summed E-state index contributed by atoms with van der Waals surface area (Å²) in [5, 5.41) is 9.40. The van der Waals surface area contributed by atoms with Crippen LogP contribution in [0.5, 0.6) is 0 Å². The molecule has 1 fully saturated rings. The Hall–Kier alpha value is -2.22. The van der Waals surface area contributed by atoms with Crippen LogP contribution in [0.4, 0.5) is 0 Å². The molecule has 2 aromatic rings. The Bertz CT molecular complexity index is 852. The van der Waals surface area contributed by atoms with Crippen LogP contribution in [0.3, 0.4) is 0 Å². The van der Waals surface area contributed by atoms with Crippen molar-refractivity contribution in [3.8, 4) is 0 Å². The van der Waals surface area contributed by atoms with Crippen LogP contribution in [-0.4, -0.2) is 11.9 Å². The minimum absolute atomic E-state index is 0.514. The maximum absolute atomic E-state index is 4.82. The molecule has 0 spiro atoms. The van der Waals surface area contributed by atoms with Crippen LogP contribution in [0, 0.1) is 17.8 Å². The third kappa shape index (κ3) is 8.22. The van der Waals surface area contributed by atoms with E-state index in [9.17, 15) is 0 Å². The van der Waals surface area contributed by atoms with E-state index in [1.807, 2.05) is 6.21 Å². The van der Waals surface area contributed by atoms with Gasteiger partial charge in [-0.15, -0.1) is 0 Å². The highest BCUT2D eigenvalue weighted by molar-refractivity contribution is 6.02. The summed E-state index contributed by atoms with van der Waals surface area (Å²) in [4.78, 5) is 0. The molecule has 0 aliphatic heterocycles. The number of rotatable bonds is 13. The summed E-state index contributed by atoms with van der Waals surface area (Å²) in [5.74, 6) is 2.32. The molecule has 0 atom stereocenters. The maximum Gasteiger partial charge on any atom is 0.0733 e. The molecule has 0 amide bonds. The average molecular weight is 459 g/mol. The molecule has 1 saturated carbocycles. The number of nitrogens with zero attached hydrogens (tertiary/aromatic N) is 2. The molecule has 1 aliphatic rings. The Balaban J connectivity index is 1.67. The van der Waals surface area contributed by atoms with Gasteiger partial charge in [0.15, 0.2) is 0 Å². The fourth-order valence-electron chi connectivity index (χ4n) is 5.71. The normalized spacial score (nSPS) is 19.2. The summed E-state index contributed by atoms with van der Waals surface area (Å²) in [7, 11) is 0. The first kappa shape index (κ1) is 26.4. The van der Waals surface area contributed by atoms with Gasteiger partial charge in [-0.1, -0.05) is 114 Å². The molecule has 0 heterocycles. The zero-order valence-electron chi connectivity index (χ0n) is 21.9. The Labute approximate surface area is 209 Å². The van der Waals surface area contributed by atoms with Crippen molar-refractivity contribution in [3.63, 3.8) is 0 Å². The molecular weight excluding hydrogens is 412 g/mol. The minimum Gasteiger partial charge on any atom is -0.158 e. The van der Waals surface area contributed by atoms with Crippen LogP contribution in [0.15, 0.2) is 64.8 Å². The molecule has 2 aromatic carbocycles. The van der Waals surface area contributed by atoms with E-state index in [1.54, 1.807) is 0 Å². The Morgan fingerprint density at radius 3 is 2.12 bits per heavy atom. The molecule has 0 saturated heterocycles. The molecule has 34 heavy (non-hydrogen) atoms. The van der Waals surface area contributed by atoms with E-state index >= 15 is 0 Å². The second kappa shape index (κ2) is 14.9. The third-order valence-corrected chi connectivity index (χ3v) is 7.63. The van der Waals surface area contributed by atoms with E-state index < -0.39 is 0 Å².